The average molecular weight is 322 g/mol. The number of aromatic amines is 1. The average Bonchev–Trinajstić information content (AvgIpc) is 3.09. The van der Waals surface area contributed by atoms with Crippen LogP contribution in [0.25, 0.3) is 0 Å². The molecule has 0 spiro atoms. The number of rotatable bonds is 4. The number of carbonyl (C=O) groups excluding carboxylic acids is 1. The van der Waals surface area contributed by atoms with Crippen molar-refractivity contribution in [2.45, 2.75) is 57.2 Å². The van der Waals surface area contributed by atoms with E-state index in [2.05, 4.69) is 22.3 Å². The van der Waals surface area contributed by atoms with Gasteiger partial charge in [0, 0.05) is 6.54 Å². The highest BCUT2D eigenvalue weighted by molar-refractivity contribution is 5.77. The van der Waals surface area contributed by atoms with Gasteiger partial charge >= 0.3 is 0 Å². The molecule has 2 heterocycles. The largest absolute Gasteiger partial charge is 0.382 e. The van der Waals surface area contributed by atoms with Crippen LogP contribution in [0.3, 0.4) is 0 Å². The molecule has 128 valence electrons. The van der Waals surface area contributed by atoms with E-state index in [1.54, 1.807) is 4.90 Å². The zero-order valence-electron chi connectivity index (χ0n) is 13.7. The first kappa shape index (κ1) is 16.4. The number of H-pyrrole nitrogens is 1. The van der Waals surface area contributed by atoms with E-state index in [-0.39, 0.29) is 25.2 Å². The highest BCUT2D eigenvalue weighted by atomic mass is 16.5. The Morgan fingerprint density at radius 3 is 2.96 bits per heavy atom. The molecule has 1 aromatic heterocycles. The Bertz CT molecular complexity index is 513. The van der Waals surface area contributed by atoms with Crippen LogP contribution >= 0.6 is 0 Å². The first-order valence-corrected chi connectivity index (χ1v) is 8.55. The lowest BCUT2D eigenvalue weighted by atomic mass is 9.89. The zero-order chi connectivity index (χ0) is 16.3. The number of β-amino-alcohol motifs (C(OH)–C–C–N with tert-alkyl or cyclic N) is 1. The summed E-state index contributed by atoms with van der Waals surface area (Å²) in [6, 6.07) is 0. The Morgan fingerprint density at radius 2 is 2.26 bits per heavy atom. The van der Waals surface area contributed by atoms with E-state index < -0.39 is 5.60 Å². The summed E-state index contributed by atoms with van der Waals surface area (Å²) < 4.78 is 5.80. The van der Waals surface area contributed by atoms with Crippen molar-refractivity contribution in [2.75, 3.05) is 19.7 Å². The number of piperidine rings is 1. The lowest BCUT2D eigenvalue weighted by Crippen LogP contribution is -2.50. The van der Waals surface area contributed by atoms with Crippen LogP contribution in [0.4, 0.5) is 0 Å². The smallest absolute Gasteiger partial charge is 0.248 e. The van der Waals surface area contributed by atoms with Gasteiger partial charge in [0.05, 0.1) is 18.8 Å². The number of aromatic nitrogens is 3. The van der Waals surface area contributed by atoms with Crippen molar-refractivity contribution in [2.24, 2.45) is 5.92 Å². The van der Waals surface area contributed by atoms with E-state index in [9.17, 15) is 9.90 Å². The molecule has 0 unspecified atom stereocenters. The van der Waals surface area contributed by atoms with E-state index in [0.29, 0.717) is 18.7 Å². The molecule has 1 aliphatic heterocycles. The van der Waals surface area contributed by atoms with Crippen molar-refractivity contribution in [3.8, 4) is 0 Å². The van der Waals surface area contributed by atoms with Gasteiger partial charge in [-0.1, -0.05) is 6.92 Å². The monoisotopic (exact) mass is 322 g/mol. The summed E-state index contributed by atoms with van der Waals surface area (Å²) in [4.78, 5) is 14.1. The Balaban J connectivity index is 1.51. The lowest BCUT2D eigenvalue weighted by molar-refractivity contribution is -0.146. The molecule has 0 radical (unpaired) electrons. The zero-order valence-corrected chi connectivity index (χ0v) is 13.7. The van der Waals surface area contributed by atoms with Crippen molar-refractivity contribution in [3.63, 3.8) is 0 Å². The molecule has 1 saturated heterocycles. The van der Waals surface area contributed by atoms with Crippen molar-refractivity contribution < 1.29 is 14.6 Å². The maximum atomic E-state index is 12.4. The lowest BCUT2D eigenvalue weighted by Gasteiger charge is -2.38. The molecule has 1 saturated carbocycles. The number of amides is 1. The molecule has 0 aromatic carbocycles. The van der Waals surface area contributed by atoms with Gasteiger partial charge < -0.3 is 14.7 Å². The van der Waals surface area contributed by atoms with Crippen molar-refractivity contribution in [1.82, 2.24) is 20.3 Å². The minimum Gasteiger partial charge on any atom is -0.382 e. The topological polar surface area (TPSA) is 91.3 Å². The minimum absolute atomic E-state index is 0.0507. The first-order valence-electron chi connectivity index (χ1n) is 8.55. The Kier molecular flexibility index (Phi) is 4.96. The summed E-state index contributed by atoms with van der Waals surface area (Å²) in [6.07, 6.45) is 7.49. The van der Waals surface area contributed by atoms with Crippen molar-refractivity contribution in [1.29, 1.82) is 0 Å². The molecule has 1 aliphatic carbocycles. The van der Waals surface area contributed by atoms with Gasteiger partial charge in [-0.25, -0.2) is 0 Å². The number of hydrogen-bond donors (Lipinski definition) is 2. The minimum atomic E-state index is -1.11. The van der Waals surface area contributed by atoms with E-state index in [4.69, 9.17) is 4.74 Å². The van der Waals surface area contributed by atoms with Crippen LogP contribution in [0, 0.1) is 5.92 Å². The van der Waals surface area contributed by atoms with Gasteiger partial charge in [-0.05, 0) is 44.4 Å². The van der Waals surface area contributed by atoms with Crippen LogP contribution in [-0.4, -0.2) is 57.1 Å². The normalized spacial score (nSPS) is 32.0. The Morgan fingerprint density at radius 1 is 1.48 bits per heavy atom. The predicted molar refractivity (Wildman–Crippen MR) is 83.5 cm³/mol. The molecule has 1 atom stereocenters. The summed E-state index contributed by atoms with van der Waals surface area (Å²) in [6.45, 7) is 3.28. The number of nitrogens with zero attached hydrogens (tertiary/aromatic N) is 3. The second-order valence-electron chi connectivity index (χ2n) is 7.00. The molecule has 2 fully saturated rings. The number of hydrogen-bond acceptors (Lipinski definition) is 5. The van der Waals surface area contributed by atoms with Gasteiger partial charge in [0.15, 0.2) is 0 Å². The van der Waals surface area contributed by atoms with Gasteiger partial charge in [-0.3, -0.25) is 4.79 Å². The highest BCUT2D eigenvalue weighted by Crippen LogP contribution is 2.30. The number of aliphatic hydroxyl groups is 1. The summed E-state index contributed by atoms with van der Waals surface area (Å²) >= 11 is 0. The summed E-state index contributed by atoms with van der Waals surface area (Å²) in [5.41, 5.74) is -0.613. The third-order valence-corrected chi connectivity index (χ3v) is 5.12. The van der Waals surface area contributed by atoms with Crippen LogP contribution in [0.2, 0.25) is 0 Å². The third-order valence-electron chi connectivity index (χ3n) is 5.12. The SMILES string of the molecule is CC1CCC(OCC(=O)N2CCC[C@@](O)(c3cn[nH]n3)C2)CC1. The van der Waals surface area contributed by atoms with E-state index in [1.165, 1.54) is 19.0 Å². The Labute approximate surface area is 136 Å². The molecule has 23 heavy (non-hydrogen) atoms. The number of carbonyl (C=O) groups is 1. The molecule has 7 nitrogen and oxygen atoms in total. The first-order chi connectivity index (χ1) is 11.1. The van der Waals surface area contributed by atoms with Crippen LogP contribution in [-0.2, 0) is 15.1 Å². The summed E-state index contributed by atoms with van der Waals surface area (Å²) in [7, 11) is 0. The van der Waals surface area contributed by atoms with Gasteiger partial charge in [-0.15, -0.1) is 0 Å². The molecular weight excluding hydrogens is 296 g/mol. The van der Waals surface area contributed by atoms with Crippen LogP contribution in [0.15, 0.2) is 6.20 Å². The van der Waals surface area contributed by atoms with Gasteiger partial charge in [0.1, 0.15) is 17.9 Å². The van der Waals surface area contributed by atoms with E-state index in [1.807, 2.05) is 0 Å². The molecular formula is C16H26N4O3. The summed E-state index contributed by atoms with van der Waals surface area (Å²) in [5, 5.41) is 21.0. The number of nitrogens with one attached hydrogen (secondary N) is 1. The van der Waals surface area contributed by atoms with Crippen LogP contribution < -0.4 is 0 Å². The molecule has 3 rings (SSSR count). The van der Waals surface area contributed by atoms with E-state index >= 15 is 0 Å². The molecule has 2 N–H and O–H groups in total. The molecule has 0 bridgehead atoms. The van der Waals surface area contributed by atoms with E-state index in [0.717, 1.165) is 25.2 Å². The van der Waals surface area contributed by atoms with Gasteiger partial charge in [0.25, 0.3) is 0 Å². The van der Waals surface area contributed by atoms with Gasteiger partial charge in [0.2, 0.25) is 5.91 Å². The predicted octanol–water partition coefficient (Wildman–Crippen LogP) is 1.21. The second kappa shape index (κ2) is 6.97. The molecule has 1 amide bonds. The Hall–Kier alpha value is -1.47. The van der Waals surface area contributed by atoms with Crippen molar-refractivity contribution >= 4 is 5.91 Å². The molecule has 1 aromatic rings. The standard InChI is InChI=1S/C16H26N4O3/c1-12-3-5-13(6-4-12)23-10-15(21)20-8-2-7-16(22,11-20)14-9-17-19-18-14/h9,12-13,22H,2-8,10-11H2,1H3,(H,17,18,19)/t12?,13?,16-/m0/s1. The molecule has 7 heteroatoms. The third kappa shape index (κ3) is 3.90. The van der Waals surface area contributed by atoms with Crippen LogP contribution in [0.5, 0.6) is 0 Å². The fourth-order valence-corrected chi connectivity index (χ4v) is 3.56. The van der Waals surface area contributed by atoms with Crippen LogP contribution in [0.1, 0.15) is 51.1 Å². The fraction of sp³-hybridized carbons (Fsp3) is 0.812. The maximum Gasteiger partial charge on any atom is 0.248 e. The summed E-state index contributed by atoms with van der Waals surface area (Å²) in [5.74, 6) is 0.718. The number of ether oxygens (including phenoxy) is 1. The van der Waals surface area contributed by atoms with Crippen molar-refractivity contribution in [3.05, 3.63) is 11.9 Å². The maximum absolute atomic E-state index is 12.4. The number of likely N-dealkylation sites (tertiary alicyclic amines) is 1. The fourth-order valence-electron chi connectivity index (χ4n) is 3.56. The quantitative estimate of drug-likeness (QED) is 0.869. The second-order valence-corrected chi connectivity index (χ2v) is 7.00. The molecule has 2 aliphatic rings. The highest BCUT2D eigenvalue weighted by Gasteiger charge is 2.38. The van der Waals surface area contributed by atoms with Gasteiger partial charge in [-0.2, -0.15) is 15.4 Å².